The Labute approximate surface area is 101 Å². The van der Waals surface area contributed by atoms with Gasteiger partial charge in [0.05, 0.1) is 23.9 Å². The summed E-state index contributed by atoms with van der Waals surface area (Å²) in [5.74, 6) is 0.364. The molecule has 1 aromatic carbocycles. The fourth-order valence-corrected chi connectivity index (χ4v) is 2.24. The summed E-state index contributed by atoms with van der Waals surface area (Å²) in [4.78, 5) is 5.19. The molecule has 4 heteroatoms. The Morgan fingerprint density at radius 2 is 2.18 bits per heavy atom. The Morgan fingerprint density at radius 3 is 2.94 bits per heavy atom. The van der Waals surface area contributed by atoms with E-state index in [0.717, 1.165) is 30.1 Å². The Kier molecular flexibility index (Phi) is 2.55. The molecule has 88 valence electrons. The van der Waals surface area contributed by atoms with Gasteiger partial charge in [-0.2, -0.15) is 5.10 Å². The first-order valence-corrected chi connectivity index (χ1v) is 5.98. The fraction of sp³-hybridized carbons (Fsp3) is 0.385. The van der Waals surface area contributed by atoms with Crippen molar-refractivity contribution in [1.82, 2.24) is 0 Å². The zero-order valence-electron chi connectivity index (χ0n) is 9.84. The third-order valence-electron chi connectivity index (χ3n) is 3.14. The molecule has 3 rings (SSSR count). The summed E-state index contributed by atoms with van der Waals surface area (Å²) in [7, 11) is 0. The van der Waals surface area contributed by atoms with Crippen LogP contribution in [0.3, 0.4) is 0 Å². The summed E-state index contributed by atoms with van der Waals surface area (Å²) in [6.07, 6.45) is 0.891. The fourth-order valence-electron chi connectivity index (χ4n) is 2.24. The average molecular weight is 229 g/mol. The van der Waals surface area contributed by atoms with Gasteiger partial charge in [0.1, 0.15) is 12.3 Å². The monoisotopic (exact) mass is 229 g/mol. The first kappa shape index (κ1) is 10.3. The molecule has 0 saturated carbocycles. The van der Waals surface area contributed by atoms with Gasteiger partial charge < -0.3 is 4.84 Å². The van der Waals surface area contributed by atoms with Gasteiger partial charge in [0.25, 0.3) is 0 Å². The summed E-state index contributed by atoms with van der Waals surface area (Å²) in [5, 5.41) is 10.8. The van der Waals surface area contributed by atoms with E-state index in [1.165, 1.54) is 0 Å². The van der Waals surface area contributed by atoms with Crippen molar-refractivity contribution in [3.63, 3.8) is 0 Å². The number of oxime groups is 1. The van der Waals surface area contributed by atoms with Crippen LogP contribution in [0.1, 0.15) is 13.3 Å². The Morgan fingerprint density at radius 1 is 1.35 bits per heavy atom. The molecule has 1 unspecified atom stereocenters. The van der Waals surface area contributed by atoms with E-state index in [4.69, 9.17) is 4.84 Å². The van der Waals surface area contributed by atoms with Crippen LogP contribution in [0.15, 0.2) is 40.6 Å². The van der Waals surface area contributed by atoms with Crippen LogP contribution < -0.4 is 5.01 Å². The molecule has 0 fully saturated rings. The van der Waals surface area contributed by atoms with Crippen molar-refractivity contribution in [2.45, 2.75) is 13.3 Å². The summed E-state index contributed by atoms with van der Waals surface area (Å²) >= 11 is 0. The zero-order valence-corrected chi connectivity index (χ0v) is 9.84. The highest BCUT2D eigenvalue weighted by Crippen LogP contribution is 2.24. The Hall–Kier alpha value is -1.84. The van der Waals surface area contributed by atoms with Gasteiger partial charge >= 0.3 is 0 Å². The van der Waals surface area contributed by atoms with Gasteiger partial charge in [0.15, 0.2) is 0 Å². The maximum Gasteiger partial charge on any atom is 0.127 e. The lowest BCUT2D eigenvalue weighted by molar-refractivity contribution is 0.155. The van der Waals surface area contributed by atoms with Crippen LogP contribution in [0.5, 0.6) is 0 Å². The normalized spacial score (nSPS) is 22.6. The second-order valence-electron chi connectivity index (χ2n) is 4.29. The van der Waals surface area contributed by atoms with E-state index < -0.39 is 0 Å². The molecule has 4 nitrogen and oxygen atoms in total. The minimum absolute atomic E-state index is 0.364. The summed E-state index contributed by atoms with van der Waals surface area (Å²) in [6.45, 7) is 3.63. The third kappa shape index (κ3) is 1.79. The van der Waals surface area contributed by atoms with E-state index in [1.54, 1.807) is 0 Å². The number of hydrazone groups is 1. The molecule has 17 heavy (non-hydrogen) atoms. The molecule has 0 saturated heterocycles. The summed E-state index contributed by atoms with van der Waals surface area (Å²) in [6, 6.07) is 10.2. The van der Waals surface area contributed by atoms with E-state index in [-0.39, 0.29) is 0 Å². The minimum atomic E-state index is 0.364. The van der Waals surface area contributed by atoms with E-state index in [2.05, 4.69) is 34.3 Å². The van der Waals surface area contributed by atoms with E-state index >= 15 is 0 Å². The highest BCUT2D eigenvalue weighted by atomic mass is 16.6. The SMILES string of the molecule is CCC1=NN(c2ccccc2)CC2CON=C12. The number of anilines is 1. The molecule has 0 aliphatic carbocycles. The van der Waals surface area contributed by atoms with Crippen LogP contribution in [0.4, 0.5) is 5.69 Å². The minimum Gasteiger partial charge on any atom is -0.395 e. The zero-order chi connectivity index (χ0) is 11.7. The Balaban J connectivity index is 1.94. The number of benzene rings is 1. The van der Waals surface area contributed by atoms with Crippen LogP contribution >= 0.6 is 0 Å². The van der Waals surface area contributed by atoms with Gasteiger partial charge in [-0.3, -0.25) is 5.01 Å². The topological polar surface area (TPSA) is 37.2 Å². The van der Waals surface area contributed by atoms with Gasteiger partial charge in [0.2, 0.25) is 0 Å². The lowest BCUT2D eigenvalue weighted by Crippen LogP contribution is -2.39. The molecule has 0 N–H and O–H groups in total. The van der Waals surface area contributed by atoms with Gasteiger partial charge in [-0.15, -0.1) is 0 Å². The lowest BCUT2D eigenvalue weighted by atomic mass is 9.97. The van der Waals surface area contributed by atoms with Gasteiger partial charge in [-0.1, -0.05) is 30.3 Å². The molecule has 0 amide bonds. The standard InChI is InChI=1S/C13H15N3O/c1-2-12-13-10(9-17-15-13)8-16(14-12)11-6-4-3-5-7-11/h3-7,10H,2,8-9H2,1H3. The van der Waals surface area contributed by atoms with Crippen LogP contribution in [0.2, 0.25) is 0 Å². The quantitative estimate of drug-likeness (QED) is 0.780. The molecular formula is C13H15N3O. The molecule has 0 bridgehead atoms. The van der Waals surface area contributed by atoms with Gasteiger partial charge in [-0.25, -0.2) is 0 Å². The average Bonchev–Trinajstić information content (AvgIpc) is 2.86. The van der Waals surface area contributed by atoms with Crippen molar-refractivity contribution < 1.29 is 4.84 Å². The van der Waals surface area contributed by atoms with Crippen LogP contribution in [0, 0.1) is 5.92 Å². The second kappa shape index (κ2) is 4.20. The maximum absolute atomic E-state index is 5.19. The van der Waals surface area contributed by atoms with Crippen molar-refractivity contribution in [2.24, 2.45) is 16.2 Å². The number of hydrogen-bond acceptors (Lipinski definition) is 4. The predicted molar refractivity (Wildman–Crippen MR) is 68.4 cm³/mol. The third-order valence-corrected chi connectivity index (χ3v) is 3.14. The summed E-state index contributed by atoms with van der Waals surface area (Å²) < 4.78 is 0. The highest BCUT2D eigenvalue weighted by molar-refractivity contribution is 6.43. The smallest absolute Gasteiger partial charge is 0.127 e. The molecule has 2 aliphatic heterocycles. The molecule has 1 atom stereocenters. The maximum atomic E-state index is 5.19. The number of nitrogens with zero attached hydrogens (tertiary/aromatic N) is 3. The molecule has 2 heterocycles. The van der Waals surface area contributed by atoms with Crippen LogP contribution in [-0.4, -0.2) is 24.6 Å². The molecule has 0 radical (unpaired) electrons. The first-order chi connectivity index (χ1) is 8.38. The number of para-hydroxylation sites is 1. The van der Waals surface area contributed by atoms with E-state index in [9.17, 15) is 0 Å². The molecular weight excluding hydrogens is 214 g/mol. The van der Waals surface area contributed by atoms with Crippen molar-refractivity contribution in [3.05, 3.63) is 30.3 Å². The molecule has 0 spiro atoms. The summed E-state index contributed by atoms with van der Waals surface area (Å²) in [5.41, 5.74) is 3.21. The van der Waals surface area contributed by atoms with Crippen molar-refractivity contribution in [2.75, 3.05) is 18.2 Å². The first-order valence-electron chi connectivity index (χ1n) is 5.98. The Bertz CT molecular complexity index is 467. The van der Waals surface area contributed by atoms with Crippen molar-refractivity contribution in [3.8, 4) is 0 Å². The van der Waals surface area contributed by atoms with Gasteiger partial charge in [-0.05, 0) is 18.6 Å². The van der Waals surface area contributed by atoms with E-state index in [1.807, 2.05) is 18.2 Å². The molecule has 1 aromatic rings. The second-order valence-corrected chi connectivity index (χ2v) is 4.29. The predicted octanol–water partition coefficient (Wildman–Crippen LogP) is 2.28. The highest BCUT2D eigenvalue weighted by Gasteiger charge is 2.33. The number of rotatable bonds is 2. The van der Waals surface area contributed by atoms with Gasteiger partial charge in [0, 0.05) is 0 Å². The molecule has 2 aliphatic rings. The number of hydrogen-bond donors (Lipinski definition) is 0. The lowest BCUT2D eigenvalue weighted by Gasteiger charge is -2.28. The van der Waals surface area contributed by atoms with Crippen molar-refractivity contribution in [1.29, 1.82) is 0 Å². The van der Waals surface area contributed by atoms with E-state index in [0.29, 0.717) is 12.5 Å². The number of fused-ring (bicyclic) bond motifs is 1. The van der Waals surface area contributed by atoms with Crippen LogP contribution in [-0.2, 0) is 4.84 Å². The van der Waals surface area contributed by atoms with Crippen molar-refractivity contribution >= 4 is 17.1 Å². The molecule has 0 aromatic heterocycles. The largest absolute Gasteiger partial charge is 0.395 e. The van der Waals surface area contributed by atoms with Crippen LogP contribution in [0.25, 0.3) is 0 Å².